The van der Waals surface area contributed by atoms with Crippen LogP contribution in [0.3, 0.4) is 0 Å². The Kier molecular flexibility index (Phi) is 6.54. The number of nitrogens with zero attached hydrogens (tertiary/aromatic N) is 2. The molecule has 2 aromatic rings. The lowest BCUT2D eigenvalue weighted by atomic mass is 10.1. The van der Waals surface area contributed by atoms with E-state index in [1.807, 2.05) is 6.92 Å². The van der Waals surface area contributed by atoms with Crippen molar-refractivity contribution in [2.45, 2.75) is 13.0 Å². The highest BCUT2D eigenvalue weighted by molar-refractivity contribution is 5.93. The molecule has 150 valence electrons. The Morgan fingerprint density at radius 2 is 1.45 bits per heavy atom. The molecule has 0 aromatic heterocycles. The Bertz CT molecular complexity index is 955. The summed E-state index contributed by atoms with van der Waals surface area (Å²) in [6.45, 7) is 3.11. The van der Waals surface area contributed by atoms with Crippen molar-refractivity contribution in [3.63, 3.8) is 0 Å². The molecule has 0 radical (unpaired) electrons. The van der Waals surface area contributed by atoms with Crippen molar-refractivity contribution in [1.82, 2.24) is 9.80 Å². The van der Waals surface area contributed by atoms with Crippen LogP contribution in [0.25, 0.3) is 12.2 Å². The summed E-state index contributed by atoms with van der Waals surface area (Å²) in [5, 5.41) is 0. The molecule has 0 aliphatic carbocycles. The van der Waals surface area contributed by atoms with Crippen molar-refractivity contribution in [3.8, 4) is 0 Å². The average molecular weight is 396 g/mol. The van der Waals surface area contributed by atoms with E-state index >= 15 is 0 Å². The highest BCUT2D eigenvalue weighted by atomic mass is 19.1. The number of carbonyl (C=O) groups excluding carboxylic acids is 2. The van der Waals surface area contributed by atoms with E-state index in [0.29, 0.717) is 30.8 Å². The summed E-state index contributed by atoms with van der Waals surface area (Å²) in [6.07, 6.45) is 6.00. The lowest BCUT2D eigenvalue weighted by Crippen LogP contribution is -2.54. The summed E-state index contributed by atoms with van der Waals surface area (Å²) in [5.41, 5.74) is 1.23. The van der Waals surface area contributed by atoms with E-state index in [4.69, 9.17) is 0 Å². The van der Waals surface area contributed by atoms with Crippen molar-refractivity contribution in [2.24, 2.45) is 0 Å². The zero-order valence-corrected chi connectivity index (χ0v) is 16.1. The molecule has 1 aliphatic heterocycles. The zero-order chi connectivity index (χ0) is 20.8. The van der Waals surface area contributed by atoms with E-state index < -0.39 is 0 Å². The van der Waals surface area contributed by atoms with Gasteiger partial charge in [-0.15, -0.1) is 0 Å². The van der Waals surface area contributed by atoms with Crippen LogP contribution in [-0.4, -0.2) is 47.3 Å². The van der Waals surface area contributed by atoms with Crippen LogP contribution in [0.4, 0.5) is 8.78 Å². The third-order valence-electron chi connectivity index (χ3n) is 4.76. The maximum atomic E-state index is 13.2. The molecule has 1 saturated heterocycles. The van der Waals surface area contributed by atoms with Gasteiger partial charge >= 0.3 is 0 Å². The van der Waals surface area contributed by atoms with Crippen LogP contribution in [-0.2, 0) is 9.59 Å². The Morgan fingerprint density at radius 1 is 0.897 bits per heavy atom. The van der Waals surface area contributed by atoms with E-state index in [0.717, 1.165) is 0 Å². The molecule has 4 nitrogen and oxygen atoms in total. The maximum Gasteiger partial charge on any atom is 0.246 e. The Labute approximate surface area is 168 Å². The first kappa shape index (κ1) is 20.5. The molecule has 3 rings (SSSR count). The molecule has 0 saturated carbocycles. The van der Waals surface area contributed by atoms with Gasteiger partial charge in [0.2, 0.25) is 11.8 Å². The van der Waals surface area contributed by atoms with Crippen LogP contribution in [0.1, 0.15) is 18.1 Å². The lowest BCUT2D eigenvalue weighted by molar-refractivity contribution is -0.136. The number of benzene rings is 2. The van der Waals surface area contributed by atoms with Crippen molar-refractivity contribution in [3.05, 3.63) is 83.4 Å². The van der Waals surface area contributed by atoms with Gasteiger partial charge in [0.1, 0.15) is 11.6 Å². The van der Waals surface area contributed by atoms with Gasteiger partial charge in [-0.1, -0.05) is 24.3 Å². The van der Waals surface area contributed by atoms with Gasteiger partial charge in [0.25, 0.3) is 0 Å². The molecule has 0 unspecified atom stereocenters. The molecule has 2 aromatic carbocycles. The molecular weight excluding hydrogens is 374 g/mol. The predicted molar refractivity (Wildman–Crippen MR) is 109 cm³/mol. The highest BCUT2D eigenvalue weighted by Crippen LogP contribution is 2.13. The minimum Gasteiger partial charge on any atom is -0.335 e. The summed E-state index contributed by atoms with van der Waals surface area (Å²) >= 11 is 0. The standard InChI is InChI=1S/C23H22F2N2O2/c1-17-16-26(22(28)10-8-18-4-2-6-20(24)14-18)12-13-27(17)23(29)11-9-19-5-3-7-21(25)15-19/h2-11,14-15,17H,12-13,16H2,1H3/b10-8+,11-9+/t17-/m0/s1. The smallest absolute Gasteiger partial charge is 0.246 e. The Balaban J connectivity index is 1.57. The van der Waals surface area contributed by atoms with E-state index in [1.165, 1.54) is 36.4 Å². The van der Waals surface area contributed by atoms with E-state index in [1.54, 1.807) is 46.2 Å². The molecule has 0 spiro atoms. The predicted octanol–water partition coefficient (Wildman–Crippen LogP) is 3.75. The first-order chi connectivity index (χ1) is 13.9. The summed E-state index contributed by atoms with van der Waals surface area (Å²) < 4.78 is 26.4. The fourth-order valence-electron chi connectivity index (χ4n) is 3.24. The molecule has 1 aliphatic rings. The highest BCUT2D eigenvalue weighted by Gasteiger charge is 2.27. The summed E-state index contributed by atoms with van der Waals surface area (Å²) in [4.78, 5) is 28.2. The van der Waals surface area contributed by atoms with E-state index in [2.05, 4.69) is 0 Å². The zero-order valence-electron chi connectivity index (χ0n) is 16.1. The van der Waals surface area contributed by atoms with Crippen LogP contribution < -0.4 is 0 Å². The molecule has 1 fully saturated rings. The second kappa shape index (κ2) is 9.28. The van der Waals surface area contributed by atoms with Gasteiger partial charge in [0, 0.05) is 37.8 Å². The monoisotopic (exact) mass is 396 g/mol. The number of hydrogen-bond donors (Lipinski definition) is 0. The van der Waals surface area contributed by atoms with Crippen molar-refractivity contribution in [2.75, 3.05) is 19.6 Å². The minimum atomic E-state index is -0.355. The largest absolute Gasteiger partial charge is 0.335 e. The number of halogens is 2. The van der Waals surface area contributed by atoms with Crippen molar-refractivity contribution < 1.29 is 18.4 Å². The van der Waals surface area contributed by atoms with Gasteiger partial charge in [-0.2, -0.15) is 0 Å². The van der Waals surface area contributed by atoms with Crippen LogP contribution in [0, 0.1) is 11.6 Å². The Morgan fingerprint density at radius 3 is 1.97 bits per heavy atom. The fraction of sp³-hybridized carbons (Fsp3) is 0.217. The molecule has 1 heterocycles. The first-order valence-corrected chi connectivity index (χ1v) is 9.39. The van der Waals surface area contributed by atoms with Crippen LogP contribution in [0.2, 0.25) is 0 Å². The van der Waals surface area contributed by atoms with Gasteiger partial charge in [-0.25, -0.2) is 8.78 Å². The van der Waals surface area contributed by atoms with Gasteiger partial charge in [0.05, 0.1) is 0 Å². The molecule has 2 amide bonds. The van der Waals surface area contributed by atoms with Gasteiger partial charge in [-0.3, -0.25) is 9.59 Å². The number of rotatable bonds is 4. The summed E-state index contributed by atoms with van der Waals surface area (Å²) in [6, 6.07) is 11.9. The van der Waals surface area contributed by atoms with Crippen LogP contribution in [0.5, 0.6) is 0 Å². The van der Waals surface area contributed by atoms with Gasteiger partial charge in [0.15, 0.2) is 0 Å². The fourth-order valence-corrected chi connectivity index (χ4v) is 3.24. The van der Waals surface area contributed by atoms with Crippen LogP contribution in [0.15, 0.2) is 60.7 Å². The first-order valence-electron chi connectivity index (χ1n) is 9.39. The summed E-state index contributed by atoms with van der Waals surface area (Å²) in [5.74, 6) is -1.06. The third kappa shape index (κ3) is 5.60. The van der Waals surface area contributed by atoms with Crippen molar-refractivity contribution in [1.29, 1.82) is 0 Å². The third-order valence-corrected chi connectivity index (χ3v) is 4.76. The topological polar surface area (TPSA) is 40.6 Å². The number of carbonyl (C=O) groups is 2. The molecule has 0 N–H and O–H groups in total. The Hall–Kier alpha value is -3.28. The number of amides is 2. The average Bonchev–Trinajstić information content (AvgIpc) is 2.70. The van der Waals surface area contributed by atoms with Crippen LogP contribution >= 0.6 is 0 Å². The molecule has 0 bridgehead atoms. The quantitative estimate of drug-likeness (QED) is 0.739. The second-order valence-corrected chi connectivity index (χ2v) is 6.94. The molecule has 29 heavy (non-hydrogen) atoms. The molecule has 6 heteroatoms. The number of hydrogen-bond acceptors (Lipinski definition) is 2. The van der Waals surface area contributed by atoms with Crippen molar-refractivity contribution >= 4 is 24.0 Å². The molecular formula is C23H22F2N2O2. The lowest BCUT2D eigenvalue weighted by Gasteiger charge is -2.39. The number of piperazine rings is 1. The maximum absolute atomic E-state index is 13.2. The van der Waals surface area contributed by atoms with E-state index in [9.17, 15) is 18.4 Å². The van der Waals surface area contributed by atoms with Gasteiger partial charge in [-0.05, 0) is 54.5 Å². The normalized spacial score (nSPS) is 17.3. The second-order valence-electron chi connectivity index (χ2n) is 6.94. The minimum absolute atomic E-state index is 0.153. The molecule has 1 atom stereocenters. The SMILES string of the molecule is C[C@H]1CN(C(=O)/C=C/c2cccc(F)c2)CCN1C(=O)/C=C/c1cccc(F)c1. The summed E-state index contributed by atoms with van der Waals surface area (Å²) in [7, 11) is 0. The van der Waals surface area contributed by atoms with Gasteiger partial charge < -0.3 is 9.80 Å². The van der Waals surface area contributed by atoms with E-state index in [-0.39, 0.29) is 29.5 Å².